The molecule has 3 heterocycles. The van der Waals surface area contributed by atoms with Gasteiger partial charge in [0.15, 0.2) is 17.3 Å². The van der Waals surface area contributed by atoms with Crippen LogP contribution in [0.2, 0.25) is 0 Å². The molecule has 1 aliphatic rings. The average molecular weight is 689 g/mol. The number of carbonyl (C=O) groups is 4. The zero-order valence-corrected chi connectivity index (χ0v) is 27.5. The van der Waals surface area contributed by atoms with E-state index in [-0.39, 0.29) is 34.7 Å². The Morgan fingerprint density at radius 1 is 1.06 bits per heavy atom. The van der Waals surface area contributed by atoms with Gasteiger partial charge in [0.05, 0.1) is 24.0 Å². The SMILES string of the molecule is Cc1c(C(=O)OC(C)(C)C)ccc2c1CC[C@@H]2NC(=O)c1cc(C(=O)NCc2ccc(F)c(F)c2)nc2c(C(=O)O)cnn12.Nc1ccn[nH]1. The van der Waals surface area contributed by atoms with Crippen LogP contribution in [0.3, 0.4) is 0 Å². The van der Waals surface area contributed by atoms with Crippen LogP contribution in [0.1, 0.15) is 97.2 Å². The molecule has 16 heteroatoms. The lowest BCUT2D eigenvalue weighted by atomic mass is 9.97. The first-order valence-electron chi connectivity index (χ1n) is 15.4. The number of nitrogens with one attached hydrogen (secondary N) is 3. The summed E-state index contributed by atoms with van der Waals surface area (Å²) < 4.78 is 33.4. The van der Waals surface area contributed by atoms with E-state index in [1.54, 1.807) is 45.2 Å². The summed E-state index contributed by atoms with van der Waals surface area (Å²) in [6.45, 7) is 7.01. The highest BCUT2D eigenvalue weighted by atomic mass is 19.2. The second kappa shape index (κ2) is 14.1. The van der Waals surface area contributed by atoms with Gasteiger partial charge in [-0.05, 0) is 87.1 Å². The molecule has 0 saturated carbocycles. The molecular formula is C34H34F2N8O6. The highest BCUT2D eigenvalue weighted by Gasteiger charge is 2.30. The quantitative estimate of drug-likeness (QED) is 0.153. The van der Waals surface area contributed by atoms with Gasteiger partial charge in [0.2, 0.25) is 0 Å². The molecule has 2 amide bonds. The van der Waals surface area contributed by atoms with Crippen molar-refractivity contribution in [2.45, 2.75) is 58.7 Å². The molecule has 14 nitrogen and oxygen atoms in total. The van der Waals surface area contributed by atoms with Gasteiger partial charge in [-0.25, -0.2) is 27.9 Å². The van der Waals surface area contributed by atoms with Gasteiger partial charge in [-0.2, -0.15) is 10.2 Å². The summed E-state index contributed by atoms with van der Waals surface area (Å²) in [7, 11) is 0. The summed E-state index contributed by atoms with van der Waals surface area (Å²) in [6.07, 6.45) is 3.76. The molecule has 260 valence electrons. The lowest BCUT2D eigenvalue weighted by Crippen LogP contribution is -2.31. The molecule has 1 atom stereocenters. The summed E-state index contributed by atoms with van der Waals surface area (Å²) in [5.74, 6) is -4.72. The number of nitrogens with two attached hydrogens (primary N) is 1. The van der Waals surface area contributed by atoms with Gasteiger partial charge < -0.3 is 26.2 Å². The molecule has 0 fully saturated rings. The van der Waals surface area contributed by atoms with Gasteiger partial charge in [0, 0.05) is 12.6 Å². The Balaban J connectivity index is 0.000000732. The van der Waals surface area contributed by atoms with E-state index in [9.17, 15) is 33.1 Å². The molecule has 1 aliphatic carbocycles. The molecule has 6 rings (SSSR count). The van der Waals surface area contributed by atoms with Crippen LogP contribution in [-0.4, -0.2) is 59.3 Å². The van der Waals surface area contributed by atoms with Crippen LogP contribution in [0.25, 0.3) is 5.65 Å². The van der Waals surface area contributed by atoms with Crippen molar-refractivity contribution in [2.75, 3.05) is 5.73 Å². The highest BCUT2D eigenvalue weighted by Crippen LogP contribution is 2.35. The number of aromatic amines is 1. The minimum absolute atomic E-state index is 0.143. The minimum Gasteiger partial charge on any atom is -0.477 e. The van der Waals surface area contributed by atoms with E-state index in [2.05, 4.69) is 30.9 Å². The number of amides is 2. The number of H-pyrrole nitrogens is 1. The van der Waals surface area contributed by atoms with Gasteiger partial charge in [-0.1, -0.05) is 12.1 Å². The van der Waals surface area contributed by atoms with Gasteiger partial charge in [-0.3, -0.25) is 14.7 Å². The number of aromatic carboxylic acids is 1. The van der Waals surface area contributed by atoms with Crippen LogP contribution in [0, 0.1) is 18.6 Å². The van der Waals surface area contributed by atoms with E-state index in [1.807, 2.05) is 6.92 Å². The smallest absolute Gasteiger partial charge is 0.341 e. The van der Waals surface area contributed by atoms with E-state index in [1.165, 1.54) is 12.1 Å². The van der Waals surface area contributed by atoms with Crippen LogP contribution < -0.4 is 16.4 Å². The summed E-state index contributed by atoms with van der Waals surface area (Å²) >= 11 is 0. The Morgan fingerprint density at radius 3 is 2.44 bits per heavy atom. The van der Waals surface area contributed by atoms with Crippen molar-refractivity contribution in [3.8, 4) is 0 Å². The van der Waals surface area contributed by atoms with E-state index in [4.69, 9.17) is 10.5 Å². The minimum atomic E-state index is -1.36. The molecule has 6 N–H and O–H groups in total. The third-order valence-corrected chi connectivity index (χ3v) is 7.74. The fourth-order valence-electron chi connectivity index (χ4n) is 5.40. The number of fused-ring (bicyclic) bond motifs is 2. The number of nitrogens with zero attached hydrogens (tertiary/aromatic N) is 4. The summed E-state index contributed by atoms with van der Waals surface area (Å²) in [5.41, 5.74) is 6.75. The number of rotatable bonds is 7. The number of hydrogen-bond acceptors (Lipinski definition) is 9. The number of nitrogen functional groups attached to an aromatic ring is 1. The molecular weight excluding hydrogens is 654 g/mol. The normalized spacial score (nSPS) is 13.6. The molecule has 5 aromatic rings. The molecule has 0 spiro atoms. The third kappa shape index (κ3) is 7.75. The second-order valence-corrected chi connectivity index (χ2v) is 12.4. The maximum Gasteiger partial charge on any atom is 0.341 e. The maximum atomic E-state index is 13.6. The van der Waals surface area contributed by atoms with Crippen LogP contribution in [0.4, 0.5) is 14.6 Å². The molecule has 0 bridgehead atoms. The van der Waals surface area contributed by atoms with E-state index < -0.39 is 47.0 Å². The van der Waals surface area contributed by atoms with Crippen LogP contribution in [0.15, 0.2) is 54.9 Å². The van der Waals surface area contributed by atoms with E-state index >= 15 is 0 Å². The third-order valence-electron chi connectivity index (χ3n) is 7.74. The lowest BCUT2D eigenvalue weighted by Gasteiger charge is -2.21. The number of anilines is 1. The van der Waals surface area contributed by atoms with Crippen molar-refractivity contribution in [2.24, 2.45) is 0 Å². The van der Waals surface area contributed by atoms with Crippen LogP contribution in [-0.2, 0) is 17.7 Å². The Hall–Kier alpha value is -6.19. The number of carboxylic acid groups (broad SMARTS) is 1. The molecule has 0 radical (unpaired) electrons. The van der Waals surface area contributed by atoms with Gasteiger partial charge >= 0.3 is 11.9 Å². The van der Waals surface area contributed by atoms with E-state index in [0.717, 1.165) is 39.5 Å². The van der Waals surface area contributed by atoms with Gasteiger partial charge in [0.25, 0.3) is 11.8 Å². The van der Waals surface area contributed by atoms with Gasteiger partial charge in [-0.15, -0.1) is 0 Å². The number of carbonyl (C=O) groups excluding carboxylic acids is 3. The Morgan fingerprint density at radius 2 is 1.82 bits per heavy atom. The first-order valence-corrected chi connectivity index (χ1v) is 15.4. The summed E-state index contributed by atoms with van der Waals surface area (Å²) in [6, 6.07) is 9.03. The monoisotopic (exact) mass is 688 g/mol. The average Bonchev–Trinajstić information content (AvgIpc) is 3.81. The number of esters is 1. The van der Waals surface area contributed by atoms with Crippen molar-refractivity contribution in [1.29, 1.82) is 0 Å². The first-order chi connectivity index (χ1) is 23.6. The standard InChI is InChI=1S/C31H29F2N5O6.C3H5N3/c1-15-17-8-10-23(19(17)7-6-18(15)30(43)44-31(2,3)4)37-28(40)25-12-24(36-26-20(29(41)42)14-35-38(25)26)27(39)34-13-16-5-9-21(32)22(33)11-16;4-3-1-2-5-6-3/h5-7,9,11-12,14,23H,8,10,13H2,1-4H3,(H,34,39)(H,37,40)(H,41,42);1-2H,(H3,4,5,6)/t23-;/m0./s1. The van der Waals surface area contributed by atoms with Crippen LogP contribution >= 0.6 is 0 Å². The predicted octanol–water partition coefficient (Wildman–Crippen LogP) is 4.31. The molecule has 3 aromatic heterocycles. The van der Waals surface area contributed by atoms with Gasteiger partial charge in [0.1, 0.15) is 28.4 Å². The lowest BCUT2D eigenvalue weighted by molar-refractivity contribution is 0.00681. The fraction of sp³-hybridized carbons (Fsp3) is 0.265. The maximum absolute atomic E-state index is 13.6. The fourth-order valence-corrected chi connectivity index (χ4v) is 5.40. The molecule has 0 saturated heterocycles. The Labute approximate surface area is 284 Å². The molecule has 0 aliphatic heterocycles. The molecule has 50 heavy (non-hydrogen) atoms. The number of hydrogen-bond donors (Lipinski definition) is 5. The van der Waals surface area contributed by atoms with Crippen molar-refractivity contribution in [3.05, 3.63) is 111 Å². The van der Waals surface area contributed by atoms with Crippen LogP contribution in [0.5, 0.6) is 0 Å². The summed E-state index contributed by atoms with van der Waals surface area (Å²) in [5, 5.41) is 25.2. The Kier molecular flexibility index (Phi) is 9.92. The van der Waals surface area contributed by atoms with Crippen molar-refractivity contribution in [3.63, 3.8) is 0 Å². The topological polar surface area (TPSA) is 207 Å². The highest BCUT2D eigenvalue weighted by molar-refractivity contribution is 6.01. The second-order valence-electron chi connectivity index (χ2n) is 12.4. The molecule has 0 unspecified atom stereocenters. The van der Waals surface area contributed by atoms with E-state index in [0.29, 0.717) is 24.2 Å². The largest absolute Gasteiger partial charge is 0.477 e. The van der Waals surface area contributed by atoms with Crippen molar-refractivity contribution >= 4 is 35.2 Å². The molecule has 2 aromatic carbocycles. The van der Waals surface area contributed by atoms with Crippen molar-refractivity contribution < 1.29 is 37.8 Å². The zero-order valence-electron chi connectivity index (χ0n) is 27.5. The number of aromatic nitrogens is 5. The summed E-state index contributed by atoms with van der Waals surface area (Å²) in [4.78, 5) is 55.3. The number of ether oxygens (including phenoxy) is 1. The first kappa shape index (κ1) is 35.1. The predicted molar refractivity (Wildman–Crippen MR) is 175 cm³/mol. The number of benzene rings is 2. The van der Waals surface area contributed by atoms with Crippen molar-refractivity contribution in [1.82, 2.24) is 35.4 Å². The number of carboxylic acids is 1. The number of halogens is 2. The zero-order chi connectivity index (χ0) is 36.3. The Bertz CT molecular complexity index is 2110.